The third-order valence-corrected chi connectivity index (χ3v) is 3.92. The van der Waals surface area contributed by atoms with Crippen molar-refractivity contribution in [3.63, 3.8) is 0 Å². The first kappa shape index (κ1) is 12.2. The van der Waals surface area contributed by atoms with Crippen LogP contribution in [0.4, 0.5) is 0 Å². The second-order valence-electron chi connectivity index (χ2n) is 3.56. The van der Waals surface area contributed by atoms with Crippen LogP contribution in [0, 0.1) is 0 Å². The van der Waals surface area contributed by atoms with Crippen LogP contribution in [0.3, 0.4) is 0 Å². The first-order chi connectivity index (χ1) is 7.14. The van der Waals surface area contributed by atoms with Gasteiger partial charge < -0.3 is 4.89 Å². The summed E-state index contributed by atoms with van der Waals surface area (Å²) in [5.74, 6) is 0. The van der Waals surface area contributed by atoms with Gasteiger partial charge in [0.1, 0.15) is 0 Å². The molecule has 0 saturated carbocycles. The fourth-order valence-corrected chi connectivity index (χ4v) is 2.64. The lowest BCUT2D eigenvalue weighted by atomic mass is 10.2. The highest BCUT2D eigenvalue weighted by atomic mass is 31.2. The van der Waals surface area contributed by atoms with E-state index < -0.39 is 7.37 Å². The van der Waals surface area contributed by atoms with Gasteiger partial charge in [-0.25, -0.2) is 0 Å². The second kappa shape index (κ2) is 5.89. The minimum absolute atomic E-state index is 0.288. The summed E-state index contributed by atoms with van der Waals surface area (Å²) in [6.45, 7) is 1.86. The Bertz CT molecular complexity index is 357. The molecule has 82 valence electrons. The Kier molecular flexibility index (Phi) is 4.80. The van der Waals surface area contributed by atoms with E-state index in [2.05, 4.69) is 0 Å². The topological polar surface area (TPSA) is 37.3 Å². The average Bonchev–Trinajstić information content (AvgIpc) is 2.25. The van der Waals surface area contributed by atoms with Crippen LogP contribution in [-0.4, -0.2) is 17.2 Å². The molecular formula is C12H17O2P. The number of hydrogen-bond donors (Lipinski definition) is 1. The molecule has 0 aliphatic heterocycles. The normalized spacial score (nSPS) is 15.3. The van der Waals surface area contributed by atoms with Gasteiger partial charge in [0.15, 0.2) is 0 Å². The van der Waals surface area contributed by atoms with Gasteiger partial charge in [-0.15, -0.1) is 0 Å². The molecule has 0 fully saturated rings. The molecular weight excluding hydrogens is 207 g/mol. The van der Waals surface area contributed by atoms with Crippen LogP contribution < -0.4 is 0 Å². The first-order valence-electron chi connectivity index (χ1n) is 5.10. The molecule has 0 saturated heterocycles. The van der Waals surface area contributed by atoms with E-state index >= 15 is 0 Å². The van der Waals surface area contributed by atoms with Gasteiger partial charge in [0.05, 0.1) is 0 Å². The van der Waals surface area contributed by atoms with Crippen LogP contribution in [-0.2, 0) is 11.0 Å². The van der Waals surface area contributed by atoms with Gasteiger partial charge in [-0.3, -0.25) is 4.57 Å². The maximum atomic E-state index is 11.7. The summed E-state index contributed by atoms with van der Waals surface area (Å²) in [4.78, 5) is 9.61. The van der Waals surface area contributed by atoms with E-state index in [9.17, 15) is 9.46 Å². The molecule has 1 rings (SSSR count). The van der Waals surface area contributed by atoms with Crippen molar-refractivity contribution >= 4 is 7.37 Å². The Morgan fingerprint density at radius 3 is 2.60 bits per heavy atom. The van der Waals surface area contributed by atoms with Crippen molar-refractivity contribution in [3.05, 3.63) is 48.0 Å². The molecule has 15 heavy (non-hydrogen) atoms. The lowest BCUT2D eigenvalue weighted by Gasteiger charge is -2.08. The van der Waals surface area contributed by atoms with Gasteiger partial charge in [0, 0.05) is 12.3 Å². The fraction of sp³-hybridized carbons (Fsp3) is 0.333. The number of rotatable bonds is 5. The van der Waals surface area contributed by atoms with E-state index in [0.717, 1.165) is 5.56 Å². The summed E-state index contributed by atoms with van der Waals surface area (Å²) in [5, 5.41) is 0. The van der Waals surface area contributed by atoms with Gasteiger partial charge in [-0.05, 0) is 18.9 Å². The number of aryl methyl sites for hydroxylation is 1. The van der Waals surface area contributed by atoms with Gasteiger partial charge in [-0.2, -0.15) is 0 Å². The van der Waals surface area contributed by atoms with E-state index in [4.69, 9.17) is 0 Å². The molecule has 1 aromatic carbocycles. The van der Waals surface area contributed by atoms with Crippen molar-refractivity contribution in [2.75, 3.05) is 12.3 Å². The van der Waals surface area contributed by atoms with E-state index in [0.29, 0.717) is 12.6 Å². The lowest BCUT2D eigenvalue weighted by molar-refractivity contribution is 0.481. The summed E-state index contributed by atoms with van der Waals surface area (Å²) in [6, 6.07) is 9.81. The highest BCUT2D eigenvalue weighted by molar-refractivity contribution is 7.58. The Hall–Kier alpha value is -0.850. The quantitative estimate of drug-likeness (QED) is 0.616. The third-order valence-electron chi connectivity index (χ3n) is 2.22. The van der Waals surface area contributed by atoms with Crippen LogP contribution in [0.5, 0.6) is 0 Å². The summed E-state index contributed by atoms with van der Waals surface area (Å²) in [7, 11) is -2.96. The van der Waals surface area contributed by atoms with Crippen LogP contribution in [0.2, 0.25) is 0 Å². The van der Waals surface area contributed by atoms with Crippen LogP contribution in [0.25, 0.3) is 0 Å². The predicted octanol–water partition coefficient (Wildman–Crippen LogP) is 3.08. The van der Waals surface area contributed by atoms with Crippen LogP contribution in [0.15, 0.2) is 42.5 Å². The average molecular weight is 224 g/mol. The molecule has 0 amide bonds. The smallest absolute Gasteiger partial charge is 0.204 e. The Balaban J connectivity index is 2.46. The predicted molar refractivity (Wildman–Crippen MR) is 64.5 cm³/mol. The molecule has 0 aliphatic rings. The lowest BCUT2D eigenvalue weighted by Crippen LogP contribution is -1.96. The van der Waals surface area contributed by atoms with E-state index in [-0.39, 0.29) is 6.16 Å². The molecule has 1 atom stereocenters. The van der Waals surface area contributed by atoms with E-state index in [1.165, 1.54) is 0 Å². The Labute approximate surface area is 91.1 Å². The molecule has 0 aromatic heterocycles. The minimum atomic E-state index is -2.96. The first-order valence-corrected chi connectivity index (χ1v) is 7.13. The van der Waals surface area contributed by atoms with Crippen LogP contribution >= 0.6 is 7.37 Å². The van der Waals surface area contributed by atoms with Gasteiger partial charge in [-0.1, -0.05) is 42.5 Å². The molecule has 3 heteroatoms. The summed E-state index contributed by atoms with van der Waals surface area (Å²) in [6.07, 6.45) is 4.89. The van der Waals surface area contributed by atoms with Gasteiger partial charge >= 0.3 is 0 Å². The van der Waals surface area contributed by atoms with Crippen molar-refractivity contribution in [2.45, 2.75) is 13.3 Å². The van der Waals surface area contributed by atoms with Crippen molar-refractivity contribution < 1.29 is 9.46 Å². The second-order valence-corrected chi connectivity index (χ2v) is 6.06. The zero-order valence-corrected chi connectivity index (χ0v) is 9.86. The minimum Gasteiger partial charge on any atom is -0.344 e. The number of hydrogen-bond acceptors (Lipinski definition) is 1. The summed E-state index contributed by atoms with van der Waals surface area (Å²) in [5.41, 5.74) is 1.12. The molecule has 0 aliphatic carbocycles. The third kappa shape index (κ3) is 4.96. The van der Waals surface area contributed by atoms with E-state index in [1.807, 2.05) is 43.3 Å². The summed E-state index contributed by atoms with van der Waals surface area (Å²) >= 11 is 0. The number of benzene rings is 1. The Morgan fingerprint density at radius 1 is 1.33 bits per heavy atom. The van der Waals surface area contributed by atoms with Crippen molar-refractivity contribution in [3.8, 4) is 0 Å². The van der Waals surface area contributed by atoms with Crippen molar-refractivity contribution in [1.82, 2.24) is 0 Å². The van der Waals surface area contributed by atoms with Crippen LogP contribution in [0.1, 0.15) is 12.5 Å². The standard InChI is InChI=1S/C12H17O2P/c1-2-3-10-15(13,14)11-9-12-7-5-4-6-8-12/h2-8H,9-11H2,1H3,(H,13,14). The van der Waals surface area contributed by atoms with Gasteiger partial charge in [0.25, 0.3) is 0 Å². The fourth-order valence-electron chi connectivity index (χ4n) is 1.31. The van der Waals surface area contributed by atoms with Gasteiger partial charge in [0.2, 0.25) is 7.37 Å². The maximum absolute atomic E-state index is 11.7. The van der Waals surface area contributed by atoms with E-state index in [1.54, 1.807) is 6.08 Å². The molecule has 1 unspecified atom stereocenters. The molecule has 2 nitrogen and oxygen atoms in total. The Morgan fingerprint density at radius 2 is 2.00 bits per heavy atom. The maximum Gasteiger partial charge on any atom is 0.204 e. The molecule has 1 aromatic rings. The SMILES string of the molecule is CC=CCP(=O)(O)CCc1ccccc1. The number of allylic oxidation sites excluding steroid dienone is 2. The summed E-state index contributed by atoms with van der Waals surface area (Å²) < 4.78 is 11.7. The molecule has 0 spiro atoms. The molecule has 0 bridgehead atoms. The largest absolute Gasteiger partial charge is 0.344 e. The highest BCUT2D eigenvalue weighted by Crippen LogP contribution is 2.40. The molecule has 1 N–H and O–H groups in total. The highest BCUT2D eigenvalue weighted by Gasteiger charge is 2.15. The molecule has 0 radical (unpaired) electrons. The zero-order valence-electron chi connectivity index (χ0n) is 8.97. The monoisotopic (exact) mass is 224 g/mol. The zero-order chi connectivity index (χ0) is 11.1. The van der Waals surface area contributed by atoms with Crippen molar-refractivity contribution in [2.24, 2.45) is 0 Å². The van der Waals surface area contributed by atoms with Crippen molar-refractivity contribution in [1.29, 1.82) is 0 Å². The molecule has 0 heterocycles.